The van der Waals surface area contributed by atoms with E-state index in [2.05, 4.69) is 20.6 Å². The van der Waals surface area contributed by atoms with Crippen molar-refractivity contribution < 1.29 is 13.6 Å². The first-order valence-electron chi connectivity index (χ1n) is 5.98. The molecule has 21 heavy (non-hydrogen) atoms. The summed E-state index contributed by atoms with van der Waals surface area (Å²) in [6.07, 6.45) is 0. The molecule has 0 saturated heterocycles. The lowest BCUT2D eigenvalue weighted by Gasteiger charge is -2.08. The van der Waals surface area contributed by atoms with Crippen LogP contribution in [0, 0.1) is 6.92 Å². The van der Waals surface area contributed by atoms with Crippen LogP contribution in [0.5, 0.6) is 0 Å². The molecule has 2 heterocycles. The van der Waals surface area contributed by atoms with Crippen molar-refractivity contribution in [3.63, 3.8) is 0 Å². The molecule has 0 fully saturated rings. The molecule has 0 saturated carbocycles. The molecule has 0 spiro atoms. The maximum absolute atomic E-state index is 11.0. The molecule has 112 valence electrons. The SMILES string of the molecule is CC(=O)Nc1nc(C)c(-c2cccc(NCS(=O)[O-])n2)s1. The molecule has 0 aromatic carbocycles. The number of amides is 1. The Morgan fingerprint density at radius 3 is 2.86 bits per heavy atom. The van der Waals surface area contributed by atoms with E-state index < -0.39 is 11.1 Å². The summed E-state index contributed by atoms with van der Waals surface area (Å²) in [6, 6.07) is 5.26. The summed E-state index contributed by atoms with van der Waals surface area (Å²) in [5.41, 5.74) is 1.42. The number of rotatable bonds is 5. The number of anilines is 2. The zero-order chi connectivity index (χ0) is 15.4. The third-order valence-electron chi connectivity index (χ3n) is 2.43. The average Bonchev–Trinajstić information content (AvgIpc) is 2.76. The van der Waals surface area contributed by atoms with Gasteiger partial charge in [-0.15, -0.1) is 0 Å². The summed E-state index contributed by atoms with van der Waals surface area (Å²) in [5.74, 6) is 0.0807. The maximum atomic E-state index is 11.0. The number of carbonyl (C=O) groups is 1. The van der Waals surface area contributed by atoms with E-state index >= 15 is 0 Å². The second kappa shape index (κ2) is 6.74. The van der Waals surface area contributed by atoms with Crippen LogP contribution in [0.15, 0.2) is 18.2 Å². The number of hydrogen-bond acceptors (Lipinski definition) is 7. The van der Waals surface area contributed by atoms with Gasteiger partial charge >= 0.3 is 0 Å². The van der Waals surface area contributed by atoms with Crippen molar-refractivity contribution >= 4 is 39.3 Å². The Morgan fingerprint density at radius 1 is 1.43 bits per heavy atom. The quantitative estimate of drug-likeness (QED) is 0.811. The molecule has 0 bridgehead atoms. The number of nitrogens with zero attached hydrogens (tertiary/aromatic N) is 2. The highest BCUT2D eigenvalue weighted by Gasteiger charge is 2.12. The molecular weight excluding hydrogens is 312 g/mol. The lowest BCUT2D eigenvalue weighted by Crippen LogP contribution is -2.08. The molecule has 0 aliphatic carbocycles. The summed E-state index contributed by atoms with van der Waals surface area (Å²) in [5, 5.41) is 5.85. The smallest absolute Gasteiger partial charge is 0.223 e. The first-order chi connectivity index (χ1) is 9.95. The molecule has 2 aromatic rings. The maximum Gasteiger partial charge on any atom is 0.223 e. The Bertz CT molecular complexity index is 687. The molecular formula is C12H13N4O3S2-. The standard InChI is InChI=1S/C12H14N4O3S2/c1-7-11(20-12(14-7)15-8(2)17)9-4-3-5-10(16-9)13-6-21(18)19/h3-5H,6H2,1-2H3,(H,13,16)(H,18,19)(H,14,15,17)/p-1. The minimum Gasteiger partial charge on any atom is -0.771 e. The first-order valence-corrected chi connectivity index (χ1v) is 8.04. The molecule has 7 nitrogen and oxygen atoms in total. The number of pyridine rings is 1. The van der Waals surface area contributed by atoms with Crippen molar-refractivity contribution in [3.8, 4) is 10.6 Å². The number of hydrogen-bond donors (Lipinski definition) is 2. The van der Waals surface area contributed by atoms with Gasteiger partial charge < -0.3 is 15.2 Å². The van der Waals surface area contributed by atoms with Crippen molar-refractivity contribution in [2.75, 3.05) is 16.5 Å². The fourth-order valence-corrected chi connectivity index (χ4v) is 2.88. The second-order valence-corrected chi connectivity index (χ2v) is 6.04. The first kappa shape index (κ1) is 15.5. The molecule has 1 amide bonds. The predicted octanol–water partition coefficient (Wildman–Crippen LogP) is 1.72. The fourth-order valence-electron chi connectivity index (χ4n) is 1.63. The molecule has 2 aromatic heterocycles. The van der Waals surface area contributed by atoms with E-state index in [4.69, 9.17) is 0 Å². The fraction of sp³-hybridized carbons (Fsp3) is 0.250. The van der Waals surface area contributed by atoms with Crippen molar-refractivity contribution in [3.05, 3.63) is 23.9 Å². The van der Waals surface area contributed by atoms with E-state index in [1.54, 1.807) is 18.2 Å². The molecule has 2 rings (SSSR count). The number of aromatic nitrogens is 2. The lowest BCUT2D eigenvalue weighted by atomic mass is 10.2. The molecule has 1 atom stereocenters. The highest BCUT2D eigenvalue weighted by atomic mass is 32.2. The van der Waals surface area contributed by atoms with Crippen LogP contribution < -0.4 is 10.6 Å². The van der Waals surface area contributed by atoms with Crippen LogP contribution in [-0.4, -0.2) is 30.5 Å². The van der Waals surface area contributed by atoms with Gasteiger partial charge in [0, 0.05) is 6.92 Å². The van der Waals surface area contributed by atoms with E-state index in [9.17, 15) is 13.6 Å². The third kappa shape index (κ3) is 4.31. The Labute approximate surface area is 128 Å². The van der Waals surface area contributed by atoms with Gasteiger partial charge in [0.1, 0.15) is 5.82 Å². The molecule has 0 aliphatic rings. The minimum absolute atomic E-state index is 0.184. The summed E-state index contributed by atoms with van der Waals surface area (Å²) < 4.78 is 21.1. The Kier molecular flexibility index (Phi) is 4.99. The average molecular weight is 325 g/mol. The van der Waals surface area contributed by atoms with Crippen LogP contribution in [0.1, 0.15) is 12.6 Å². The van der Waals surface area contributed by atoms with E-state index in [0.29, 0.717) is 16.6 Å². The highest BCUT2D eigenvalue weighted by Crippen LogP contribution is 2.32. The van der Waals surface area contributed by atoms with Crippen LogP contribution in [0.4, 0.5) is 10.9 Å². The van der Waals surface area contributed by atoms with E-state index in [0.717, 1.165) is 10.6 Å². The third-order valence-corrected chi connectivity index (χ3v) is 3.91. The predicted molar refractivity (Wildman–Crippen MR) is 81.8 cm³/mol. The van der Waals surface area contributed by atoms with Gasteiger partial charge in [0.15, 0.2) is 5.13 Å². The van der Waals surface area contributed by atoms with E-state index in [-0.39, 0.29) is 11.8 Å². The van der Waals surface area contributed by atoms with Crippen molar-refractivity contribution in [1.29, 1.82) is 0 Å². The second-order valence-electron chi connectivity index (χ2n) is 4.15. The number of nitrogens with one attached hydrogen (secondary N) is 2. The van der Waals surface area contributed by atoms with Gasteiger partial charge in [-0.1, -0.05) is 17.4 Å². The van der Waals surface area contributed by atoms with Crippen molar-refractivity contribution in [1.82, 2.24) is 9.97 Å². The van der Waals surface area contributed by atoms with Gasteiger partial charge in [-0.3, -0.25) is 9.00 Å². The van der Waals surface area contributed by atoms with Gasteiger partial charge in [-0.25, -0.2) is 9.97 Å². The zero-order valence-electron chi connectivity index (χ0n) is 11.4. The van der Waals surface area contributed by atoms with Crippen LogP contribution in [0.2, 0.25) is 0 Å². The zero-order valence-corrected chi connectivity index (χ0v) is 13.0. The van der Waals surface area contributed by atoms with Crippen molar-refractivity contribution in [2.24, 2.45) is 0 Å². The summed E-state index contributed by atoms with van der Waals surface area (Å²) in [6.45, 7) is 3.24. The largest absolute Gasteiger partial charge is 0.771 e. The number of carbonyl (C=O) groups excluding carboxylic acids is 1. The lowest BCUT2D eigenvalue weighted by molar-refractivity contribution is -0.114. The van der Waals surface area contributed by atoms with Gasteiger partial charge in [-0.2, -0.15) is 0 Å². The Hall–Kier alpha value is -1.84. The number of thiazole rings is 1. The van der Waals surface area contributed by atoms with Gasteiger partial charge in [-0.05, 0) is 30.1 Å². The Morgan fingerprint density at radius 2 is 2.19 bits per heavy atom. The highest BCUT2D eigenvalue weighted by molar-refractivity contribution is 7.79. The summed E-state index contributed by atoms with van der Waals surface area (Å²) in [7, 11) is 0. The molecule has 0 radical (unpaired) electrons. The summed E-state index contributed by atoms with van der Waals surface area (Å²) >= 11 is -0.864. The van der Waals surface area contributed by atoms with Gasteiger partial charge in [0.05, 0.1) is 22.1 Å². The normalized spacial score (nSPS) is 12.0. The van der Waals surface area contributed by atoms with Crippen LogP contribution >= 0.6 is 11.3 Å². The topological polar surface area (TPSA) is 107 Å². The van der Waals surface area contributed by atoms with E-state index in [1.165, 1.54) is 18.3 Å². The van der Waals surface area contributed by atoms with Crippen LogP contribution in [0.3, 0.4) is 0 Å². The van der Waals surface area contributed by atoms with Crippen molar-refractivity contribution in [2.45, 2.75) is 13.8 Å². The molecule has 2 N–H and O–H groups in total. The molecule has 9 heteroatoms. The van der Waals surface area contributed by atoms with Gasteiger partial charge in [0.25, 0.3) is 0 Å². The monoisotopic (exact) mass is 325 g/mol. The minimum atomic E-state index is -2.18. The molecule has 1 unspecified atom stereocenters. The summed E-state index contributed by atoms with van der Waals surface area (Å²) in [4.78, 5) is 20.5. The Balaban J connectivity index is 2.25. The molecule has 0 aliphatic heterocycles. The van der Waals surface area contributed by atoms with E-state index in [1.807, 2.05) is 6.92 Å². The number of aryl methyl sites for hydroxylation is 1. The van der Waals surface area contributed by atoms with Crippen LogP contribution in [-0.2, 0) is 15.9 Å². The van der Waals surface area contributed by atoms with Gasteiger partial charge in [0.2, 0.25) is 5.91 Å². The van der Waals surface area contributed by atoms with Crippen LogP contribution in [0.25, 0.3) is 10.6 Å².